The topological polar surface area (TPSA) is 112 Å². The van der Waals surface area contributed by atoms with Gasteiger partial charge in [-0.2, -0.15) is 0 Å². The molecule has 2 amide bonds. The van der Waals surface area contributed by atoms with E-state index in [1.54, 1.807) is 0 Å². The molecule has 0 unspecified atom stereocenters. The summed E-state index contributed by atoms with van der Waals surface area (Å²) in [5.41, 5.74) is 4.80. The standard InChI is InChI=1S/C16H33N3O5/c1-16(2,3)24-15(21)19-9-5-10-22-12-6-14(20)18-8-4-11-23-13-7-17/h4-13,17H2,1-3H3,(H,18,20)(H,19,21). The van der Waals surface area contributed by atoms with Gasteiger partial charge in [0.15, 0.2) is 0 Å². The number of rotatable bonds is 13. The van der Waals surface area contributed by atoms with Crippen molar-refractivity contribution < 1.29 is 23.8 Å². The normalized spacial score (nSPS) is 11.2. The molecule has 0 aromatic heterocycles. The van der Waals surface area contributed by atoms with Crippen LogP contribution in [0.25, 0.3) is 0 Å². The van der Waals surface area contributed by atoms with Crippen molar-refractivity contribution >= 4 is 12.0 Å². The number of hydrogen-bond donors (Lipinski definition) is 3. The lowest BCUT2D eigenvalue weighted by atomic mass is 10.2. The van der Waals surface area contributed by atoms with Crippen molar-refractivity contribution in [2.75, 3.05) is 46.1 Å². The van der Waals surface area contributed by atoms with Gasteiger partial charge in [-0.15, -0.1) is 0 Å². The molecule has 0 aliphatic rings. The quantitative estimate of drug-likeness (QED) is 0.425. The van der Waals surface area contributed by atoms with Crippen LogP contribution in [0.4, 0.5) is 4.79 Å². The van der Waals surface area contributed by atoms with E-state index >= 15 is 0 Å². The second kappa shape index (κ2) is 14.0. The summed E-state index contributed by atoms with van der Waals surface area (Å²) in [6.45, 7) is 9.00. The molecule has 8 nitrogen and oxygen atoms in total. The zero-order valence-electron chi connectivity index (χ0n) is 15.2. The predicted molar refractivity (Wildman–Crippen MR) is 91.8 cm³/mol. The molecule has 0 bridgehead atoms. The Bertz CT molecular complexity index is 345. The van der Waals surface area contributed by atoms with Crippen LogP contribution >= 0.6 is 0 Å². The summed E-state index contributed by atoms with van der Waals surface area (Å²) in [4.78, 5) is 22.9. The minimum atomic E-state index is -0.496. The smallest absolute Gasteiger partial charge is 0.407 e. The Kier molecular flexibility index (Phi) is 13.2. The number of carbonyl (C=O) groups is 2. The highest BCUT2D eigenvalue weighted by molar-refractivity contribution is 5.75. The first-order chi connectivity index (χ1) is 11.3. The zero-order chi connectivity index (χ0) is 18.3. The van der Waals surface area contributed by atoms with Gasteiger partial charge in [-0.1, -0.05) is 0 Å². The van der Waals surface area contributed by atoms with E-state index in [1.165, 1.54) is 0 Å². The van der Waals surface area contributed by atoms with Crippen LogP contribution in [0.1, 0.15) is 40.0 Å². The van der Waals surface area contributed by atoms with E-state index in [0.717, 1.165) is 6.42 Å². The van der Waals surface area contributed by atoms with Crippen LogP contribution in [0.5, 0.6) is 0 Å². The molecule has 0 heterocycles. The third-order valence-corrected chi connectivity index (χ3v) is 2.66. The molecular formula is C16H33N3O5. The first kappa shape index (κ1) is 22.6. The maximum atomic E-state index is 11.5. The van der Waals surface area contributed by atoms with Crippen LogP contribution in [0.15, 0.2) is 0 Å². The zero-order valence-corrected chi connectivity index (χ0v) is 15.2. The molecule has 0 spiro atoms. The minimum Gasteiger partial charge on any atom is -0.444 e. The van der Waals surface area contributed by atoms with Gasteiger partial charge in [0.2, 0.25) is 5.91 Å². The van der Waals surface area contributed by atoms with Crippen LogP contribution in [0, 0.1) is 0 Å². The van der Waals surface area contributed by atoms with E-state index in [0.29, 0.717) is 58.9 Å². The fraction of sp³-hybridized carbons (Fsp3) is 0.875. The molecule has 24 heavy (non-hydrogen) atoms. The van der Waals surface area contributed by atoms with Crippen molar-refractivity contribution in [3.63, 3.8) is 0 Å². The number of ether oxygens (including phenoxy) is 3. The van der Waals surface area contributed by atoms with Gasteiger partial charge in [-0.25, -0.2) is 4.79 Å². The lowest BCUT2D eigenvalue weighted by molar-refractivity contribution is -0.122. The molecule has 0 aliphatic heterocycles. The lowest BCUT2D eigenvalue weighted by Gasteiger charge is -2.19. The minimum absolute atomic E-state index is 0.0410. The molecule has 0 saturated heterocycles. The Balaban J connectivity index is 3.34. The van der Waals surface area contributed by atoms with Crippen molar-refractivity contribution in [2.45, 2.75) is 45.6 Å². The van der Waals surface area contributed by atoms with Gasteiger partial charge in [-0.05, 0) is 33.6 Å². The monoisotopic (exact) mass is 347 g/mol. The van der Waals surface area contributed by atoms with Crippen molar-refractivity contribution in [3.05, 3.63) is 0 Å². The molecule has 0 aromatic rings. The molecule has 0 aromatic carbocycles. The highest BCUT2D eigenvalue weighted by Crippen LogP contribution is 2.06. The molecule has 0 rings (SSSR count). The van der Waals surface area contributed by atoms with E-state index in [4.69, 9.17) is 19.9 Å². The molecule has 142 valence electrons. The Morgan fingerprint density at radius 1 is 0.917 bits per heavy atom. The highest BCUT2D eigenvalue weighted by Gasteiger charge is 2.15. The fourth-order valence-electron chi connectivity index (χ4n) is 1.62. The Labute approximate surface area is 144 Å². The molecule has 4 N–H and O–H groups in total. The molecule has 8 heteroatoms. The number of nitrogens with one attached hydrogen (secondary N) is 2. The number of amides is 2. The summed E-state index contributed by atoms with van der Waals surface area (Å²) in [5, 5.41) is 5.44. The van der Waals surface area contributed by atoms with Gasteiger partial charge < -0.3 is 30.6 Å². The first-order valence-corrected chi connectivity index (χ1v) is 8.44. The van der Waals surface area contributed by atoms with Crippen LogP contribution in [-0.2, 0) is 19.0 Å². The first-order valence-electron chi connectivity index (χ1n) is 8.44. The second-order valence-electron chi connectivity index (χ2n) is 6.25. The van der Waals surface area contributed by atoms with Gasteiger partial charge in [0.1, 0.15) is 5.60 Å². The number of nitrogens with two attached hydrogens (primary N) is 1. The summed E-state index contributed by atoms with van der Waals surface area (Å²) in [7, 11) is 0. The van der Waals surface area contributed by atoms with E-state index in [1.807, 2.05) is 20.8 Å². The van der Waals surface area contributed by atoms with Gasteiger partial charge in [0.25, 0.3) is 0 Å². The lowest BCUT2D eigenvalue weighted by Crippen LogP contribution is -2.33. The van der Waals surface area contributed by atoms with Gasteiger partial charge in [-0.3, -0.25) is 4.79 Å². The molecule has 0 aliphatic carbocycles. The molecule has 0 fully saturated rings. The van der Waals surface area contributed by atoms with Gasteiger partial charge in [0.05, 0.1) is 13.2 Å². The van der Waals surface area contributed by atoms with Crippen LogP contribution in [0.3, 0.4) is 0 Å². The van der Waals surface area contributed by atoms with Crippen LogP contribution in [-0.4, -0.2) is 63.7 Å². The van der Waals surface area contributed by atoms with Crippen molar-refractivity contribution in [1.82, 2.24) is 10.6 Å². The van der Waals surface area contributed by atoms with Crippen molar-refractivity contribution in [2.24, 2.45) is 5.73 Å². The largest absolute Gasteiger partial charge is 0.444 e. The fourth-order valence-corrected chi connectivity index (χ4v) is 1.62. The predicted octanol–water partition coefficient (Wildman–Crippen LogP) is 0.790. The molecule has 0 radical (unpaired) electrons. The summed E-state index contributed by atoms with van der Waals surface area (Å²) in [5.74, 6) is -0.0410. The van der Waals surface area contributed by atoms with Gasteiger partial charge >= 0.3 is 6.09 Å². The van der Waals surface area contributed by atoms with E-state index in [9.17, 15) is 9.59 Å². The summed E-state index contributed by atoms with van der Waals surface area (Å²) < 4.78 is 15.7. The Morgan fingerprint density at radius 3 is 2.08 bits per heavy atom. The second-order valence-corrected chi connectivity index (χ2v) is 6.25. The number of carbonyl (C=O) groups excluding carboxylic acids is 2. The van der Waals surface area contributed by atoms with Crippen molar-refractivity contribution in [3.8, 4) is 0 Å². The third-order valence-electron chi connectivity index (χ3n) is 2.66. The molecule has 0 saturated carbocycles. The average Bonchev–Trinajstić information content (AvgIpc) is 2.48. The molecular weight excluding hydrogens is 314 g/mol. The van der Waals surface area contributed by atoms with E-state index in [2.05, 4.69) is 10.6 Å². The van der Waals surface area contributed by atoms with E-state index in [-0.39, 0.29) is 5.91 Å². The number of hydrogen-bond acceptors (Lipinski definition) is 6. The summed E-state index contributed by atoms with van der Waals surface area (Å²) in [6, 6.07) is 0. The van der Waals surface area contributed by atoms with Crippen LogP contribution < -0.4 is 16.4 Å². The number of alkyl carbamates (subject to hydrolysis) is 1. The summed E-state index contributed by atoms with van der Waals surface area (Å²) >= 11 is 0. The molecule has 0 atom stereocenters. The van der Waals surface area contributed by atoms with Crippen molar-refractivity contribution in [1.29, 1.82) is 0 Å². The summed E-state index contributed by atoms with van der Waals surface area (Å²) in [6.07, 6.45) is 1.32. The van der Waals surface area contributed by atoms with E-state index < -0.39 is 11.7 Å². The Morgan fingerprint density at radius 2 is 1.50 bits per heavy atom. The maximum Gasteiger partial charge on any atom is 0.407 e. The SMILES string of the molecule is CC(C)(C)OC(=O)NCCCOCCC(=O)NCCCOCCN. The Hall–Kier alpha value is -1.38. The third kappa shape index (κ3) is 17.0. The van der Waals surface area contributed by atoms with Crippen LogP contribution in [0.2, 0.25) is 0 Å². The average molecular weight is 347 g/mol. The van der Waals surface area contributed by atoms with Gasteiger partial charge in [0, 0.05) is 39.3 Å². The highest BCUT2D eigenvalue weighted by atomic mass is 16.6. The maximum absolute atomic E-state index is 11.5.